The lowest BCUT2D eigenvalue weighted by Gasteiger charge is -2.23. The van der Waals surface area contributed by atoms with Gasteiger partial charge in [-0.1, -0.05) is 26.2 Å². The van der Waals surface area contributed by atoms with Crippen molar-refractivity contribution in [2.45, 2.75) is 39.0 Å². The molecule has 1 fully saturated rings. The zero-order chi connectivity index (χ0) is 23.5. The van der Waals surface area contributed by atoms with Crippen LogP contribution in [0.3, 0.4) is 0 Å². The highest BCUT2D eigenvalue weighted by Crippen LogP contribution is 2.17. The van der Waals surface area contributed by atoms with Gasteiger partial charge in [-0.05, 0) is 26.4 Å². The van der Waals surface area contributed by atoms with Gasteiger partial charge in [0.05, 0.1) is 12.5 Å². The van der Waals surface area contributed by atoms with E-state index in [4.69, 9.17) is 0 Å². The van der Waals surface area contributed by atoms with Gasteiger partial charge in [-0.2, -0.15) is 15.0 Å². The van der Waals surface area contributed by atoms with Gasteiger partial charge in [0, 0.05) is 33.7 Å². The molecule has 2 rings (SSSR count). The summed E-state index contributed by atoms with van der Waals surface area (Å²) in [5.41, 5.74) is 5.42. The molecule has 0 unspecified atom stereocenters. The van der Waals surface area contributed by atoms with Crippen LogP contribution in [0.5, 0.6) is 0 Å². The molecule has 1 atom stereocenters. The minimum Gasteiger partial charge on any atom is -0.347 e. The molecule has 180 valence electrons. The van der Waals surface area contributed by atoms with Crippen molar-refractivity contribution >= 4 is 30.2 Å². The maximum Gasteiger partial charge on any atom is 0.248 e. The number of hydroxylamine groups is 2. The highest BCUT2D eigenvalue weighted by Gasteiger charge is 2.22. The largest absolute Gasteiger partial charge is 0.347 e. The van der Waals surface area contributed by atoms with Gasteiger partial charge in [-0.15, -0.1) is 0 Å². The Bertz CT molecular complexity index is 734. The Labute approximate surface area is 189 Å². The number of aromatic nitrogens is 3. The molecule has 0 aliphatic carbocycles. The number of anilines is 3. The molecule has 12 nitrogen and oxygen atoms in total. The van der Waals surface area contributed by atoms with Crippen LogP contribution in [0.15, 0.2) is 0 Å². The number of nitrogens with one attached hydrogen (secondary N) is 2. The molecule has 32 heavy (non-hydrogen) atoms. The van der Waals surface area contributed by atoms with E-state index in [1.165, 1.54) is 0 Å². The van der Waals surface area contributed by atoms with Crippen molar-refractivity contribution in [3.8, 4) is 0 Å². The molecular weight excluding hydrogens is 414 g/mol. The van der Waals surface area contributed by atoms with Gasteiger partial charge in [0.1, 0.15) is 0 Å². The highest BCUT2D eigenvalue weighted by atomic mass is 16.5. The van der Waals surface area contributed by atoms with Crippen molar-refractivity contribution in [2.24, 2.45) is 5.92 Å². The molecule has 1 saturated heterocycles. The zero-order valence-electron chi connectivity index (χ0n) is 19.6. The SMILES string of the molecule is CCCCC[C@H](CN(O)C=O)C(=O)NNc1nc(N(C)C)nc(N2CCCN(C)CC2)n1. The number of rotatable bonds is 12. The van der Waals surface area contributed by atoms with Crippen molar-refractivity contribution in [3.63, 3.8) is 0 Å². The van der Waals surface area contributed by atoms with E-state index < -0.39 is 5.92 Å². The summed E-state index contributed by atoms with van der Waals surface area (Å²) in [5.74, 6) is 0.365. The molecule has 1 aliphatic rings. The van der Waals surface area contributed by atoms with E-state index >= 15 is 0 Å². The Hall–Kier alpha value is -2.73. The molecule has 1 aromatic rings. The summed E-state index contributed by atoms with van der Waals surface area (Å²) in [6.07, 6.45) is 4.67. The first-order chi connectivity index (χ1) is 15.3. The molecule has 0 saturated carbocycles. The van der Waals surface area contributed by atoms with Gasteiger partial charge in [0.25, 0.3) is 0 Å². The molecule has 2 amide bonds. The van der Waals surface area contributed by atoms with E-state index in [1.54, 1.807) is 4.90 Å². The van der Waals surface area contributed by atoms with Gasteiger partial charge in [-0.25, -0.2) is 5.06 Å². The maximum absolute atomic E-state index is 12.7. The number of amides is 2. The topological polar surface area (TPSA) is 130 Å². The Balaban J connectivity index is 2.11. The Kier molecular flexibility index (Phi) is 10.3. The van der Waals surface area contributed by atoms with E-state index in [1.807, 2.05) is 14.1 Å². The normalized spacial score (nSPS) is 15.6. The Morgan fingerprint density at radius 2 is 1.97 bits per heavy atom. The van der Waals surface area contributed by atoms with Crippen molar-refractivity contribution in [1.29, 1.82) is 0 Å². The van der Waals surface area contributed by atoms with Gasteiger partial charge < -0.3 is 14.7 Å². The van der Waals surface area contributed by atoms with E-state index in [2.05, 4.69) is 49.6 Å². The minimum absolute atomic E-state index is 0.0760. The third-order valence-corrected chi connectivity index (χ3v) is 5.37. The molecule has 12 heteroatoms. The number of carbonyl (C=O) groups is 2. The maximum atomic E-state index is 12.7. The summed E-state index contributed by atoms with van der Waals surface area (Å²) in [6.45, 7) is 5.57. The quantitative estimate of drug-likeness (QED) is 0.179. The molecule has 0 radical (unpaired) electrons. The fourth-order valence-corrected chi connectivity index (χ4v) is 3.43. The van der Waals surface area contributed by atoms with Crippen LogP contribution in [-0.4, -0.2) is 96.3 Å². The van der Waals surface area contributed by atoms with Gasteiger partial charge in [0.2, 0.25) is 30.2 Å². The second-order valence-electron chi connectivity index (χ2n) is 8.33. The van der Waals surface area contributed by atoms with E-state index in [-0.39, 0.29) is 18.4 Å². The molecule has 0 bridgehead atoms. The van der Waals surface area contributed by atoms with Crippen LogP contribution in [0.4, 0.5) is 17.8 Å². The summed E-state index contributed by atoms with van der Waals surface area (Å²) in [6, 6.07) is 0. The van der Waals surface area contributed by atoms with Gasteiger partial charge in [0.15, 0.2) is 0 Å². The lowest BCUT2D eigenvalue weighted by molar-refractivity contribution is -0.154. The fourth-order valence-electron chi connectivity index (χ4n) is 3.43. The predicted molar refractivity (Wildman–Crippen MR) is 122 cm³/mol. The predicted octanol–water partition coefficient (Wildman–Crippen LogP) is 0.567. The first-order valence-electron chi connectivity index (χ1n) is 11.2. The third kappa shape index (κ3) is 8.08. The monoisotopic (exact) mass is 451 g/mol. The van der Waals surface area contributed by atoms with Gasteiger partial charge >= 0.3 is 0 Å². The molecule has 2 heterocycles. The van der Waals surface area contributed by atoms with Crippen LogP contribution in [0, 0.1) is 5.92 Å². The molecule has 0 spiro atoms. The molecular formula is C20H37N9O3. The van der Waals surface area contributed by atoms with Crippen LogP contribution in [-0.2, 0) is 9.59 Å². The number of hydrogen-bond acceptors (Lipinski definition) is 10. The number of hydrazine groups is 1. The van der Waals surface area contributed by atoms with Crippen molar-refractivity contribution in [1.82, 2.24) is 30.3 Å². The second kappa shape index (κ2) is 13.0. The van der Waals surface area contributed by atoms with Crippen LogP contribution < -0.4 is 20.7 Å². The van der Waals surface area contributed by atoms with E-state index in [0.717, 1.165) is 51.9 Å². The molecule has 1 aromatic heterocycles. The van der Waals surface area contributed by atoms with Crippen molar-refractivity contribution in [2.75, 3.05) is 69.1 Å². The number of hydrogen-bond donors (Lipinski definition) is 3. The van der Waals surface area contributed by atoms with Crippen LogP contribution in [0.25, 0.3) is 0 Å². The highest BCUT2D eigenvalue weighted by molar-refractivity contribution is 5.80. The van der Waals surface area contributed by atoms with Crippen molar-refractivity contribution < 1.29 is 14.8 Å². The average Bonchev–Trinajstić information content (AvgIpc) is 3.00. The van der Waals surface area contributed by atoms with E-state index in [0.29, 0.717) is 29.8 Å². The summed E-state index contributed by atoms with van der Waals surface area (Å²) >= 11 is 0. The van der Waals surface area contributed by atoms with Gasteiger partial charge in [-0.3, -0.25) is 25.6 Å². The molecule has 3 N–H and O–H groups in total. The number of nitrogens with zero attached hydrogens (tertiary/aromatic N) is 7. The van der Waals surface area contributed by atoms with Crippen molar-refractivity contribution in [3.05, 3.63) is 0 Å². The summed E-state index contributed by atoms with van der Waals surface area (Å²) in [4.78, 5) is 43.1. The summed E-state index contributed by atoms with van der Waals surface area (Å²) < 4.78 is 0. The summed E-state index contributed by atoms with van der Waals surface area (Å²) in [7, 11) is 5.78. The number of carbonyl (C=O) groups excluding carboxylic acids is 2. The lowest BCUT2D eigenvalue weighted by atomic mass is 10.0. The first kappa shape index (κ1) is 25.5. The lowest BCUT2D eigenvalue weighted by Crippen LogP contribution is -2.40. The fraction of sp³-hybridized carbons (Fsp3) is 0.750. The first-order valence-corrected chi connectivity index (χ1v) is 11.2. The molecule has 0 aromatic carbocycles. The number of unbranched alkanes of at least 4 members (excludes halogenated alkanes) is 2. The third-order valence-electron chi connectivity index (χ3n) is 5.37. The Morgan fingerprint density at radius 3 is 2.66 bits per heavy atom. The molecule has 1 aliphatic heterocycles. The Morgan fingerprint density at radius 1 is 1.19 bits per heavy atom. The standard InChI is InChI=1S/C20H37N9O3/c1-5-6-7-9-16(14-29(32)15-30)17(31)24-25-18-21-19(26(2)3)23-20(22-18)28-11-8-10-27(4)12-13-28/h15-16,32H,5-14H2,1-4H3,(H,24,31)(H,21,22,23,25)/t16-/m1/s1. The van der Waals surface area contributed by atoms with E-state index in [9.17, 15) is 14.8 Å². The van der Waals surface area contributed by atoms with Crippen LogP contribution >= 0.6 is 0 Å². The number of likely N-dealkylation sites (N-methyl/N-ethyl adjacent to an activating group) is 1. The zero-order valence-corrected chi connectivity index (χ0v) is 19.6. The second-order valence-corrected chi connectivity index (χ2v) is 8.33. The minimum atomic E-state index is -0.556. The van der Waals surface area contributed by atoms with Crippen LogP contribution in [0.2, 0.25) is 0 Å². The average molecular weight is 452 g/mol. The summed E-state index contributed by atoms with van der Waals surface area (Å²) in [5, 5.41) is 10.1. The van der Waals surface area contributed by atoms with Crippen LogP contribution in [0.1, 0.15) is 39.0 Å². The smallest absolute Gasteiger partial charge is 0.248 e.